The van der Waals surface area contributed by atoms with Crippen molar-refractivity contribution in [3.8, 4) is 0 Å². The number of aliphatic hydroxyl groups excluding tert-OH is 1. The van der Waals surface area contributed by atoms with Gasteiger partial charge in [-0.3, -0.25) is 14.0 Å². The average molecular weight is 275 g/mol. The summed E-state index contributed by atoms with van der Waals surface area (Å²) in [6, 6.07) is 5.16. The minimum atomic E-state index is -0.589. The first kappa shape index (κ1) is 14.2. The van der Waals surface area contributed by atoms with Gasteiger partial charge < -0.3 is 10.4 Å². The van der Waals surface area contributed by atoms with Crippen LogP contribution >= 0.6 is 0 Å². The van der Waals surface area contributed by atoms with E-state index in [2.05, 4.69) is 10.3 Å². The predicted octanol–water partition coefficient (Wildman–Crippen LogP) is 0.585. The molecule has 0 radical (unpaired) electrons. The molecule has 0 fully saturated rings. The number of fused-ring (bicyclic) bond motifs is 1. The summed E-state index contributed by atoms with van der Waals surface area (Å²) in [4.78, 5) is 28.5. The van der Waals surface area contributed by atoms with Crippen molar-refractivity contribution in [1.29, 1.82) is 0 Å². The number of carbonyl (C=O) groups excluding carboxylic acids is 1. The molecule has 0 atom stereocenters. The molecule has 2 rings (SSSR count). The number of aromatic nitrogens is 2. The van der Waals surface area contributed by atoms with Gasteiger partial charge in [0.05, 0.1) is 0 Å². The lowest BCUT2D eigenvalue weighted by atomic mass is 10.0. The second kappa shape index (κ2) is 5.42. The fourth-order valence-corrected chi connectivity index (χ4v) is 1.90. The maximum Gasteiger partial charge on any atom is 0.270 e. The number of nitrogens with one attached hydrogen (secondary N) is 1. The van der Waals surface area contributed by atoms with Crippen LogP contribution in [0, 0.1) is 0 Å². The number of pyridine rings is 1. The van der Waals surface area contributed by atoms with E-state index in [4.69, 9.17) is 5.11 Å². The van der Waals surface area contributed by atoms with Gasteiger partial charge in [0, 0.05) is 24.5 Å². The van der Waals surface area contributed by atoms with E-state index >= 15 is 0 Å². The Bertz CT molecular complexity index is 691. The second-order valence-corrected chi connectivity index (χ2v) is 5.22. The van der Waals surface area contributed by atoms with E-state index in [1.54, 1.807) is 38.2 Å². The molecule has 0 bridgehead atoms. The number of hydrogen-bond donors (Lipinski definition) is 2. The van der Waals surface area contributed by atoms with Crippen LogP contribution in [0.25, 0.3) is 5.65 Å². The lowest BCUT2D eigenvalue weighted by molar-refractivity contribution is 0.0897. The molecule has 6 heteroatoms. The third-order valence-electron chi connectivity index (χ3n) is 3.05. The highest BCUT2D eigenvalue weighted by molar-refractivity contribution is 5.94. The molecule has 2 aromatic rings. The van der Waals surface area contributed by atoms with Crippen molar-refractivity contribution >= 4 is 11.6 Å². The third-order valence-corrected chi connectivity index (χ3v) is 3.05. The molecule has 0 unspecified atom stereocenters. The van der Waals surface area contributed by atoms with E-state index in [1.807, 2.05) is 0 Å². The van der Waals surface area contributed by atoms with Crippen LogP contribution in [-0.2, 0) is 0 Å². The van der Waals surface area contributed by atoms with Crippen molar-refractivity contribution < 1.29 is 9.90 Å². The van der Waals surface area contributed by atoms with Gasteiger partial charge in [-0.15, -0.1) is 0 Å². The van der Waals surface area contributed by atoms with Crippen LogP contribution in [0.5, 0.6) is 0 Å². The van der Waals surface area contributed by atoms with Crippen LogP contribution in [0.4, 0.5) is 0 Å². The minimum absolute atomic E-state index is 0.0142. The molecule has 2 N–H and O–H groups in total. The smallest absolute Gasteiger partial charge is 0.270 e. The van der Waals surface area contributed by atoms with Crippen molar-refractivity contribution in [2.45, 2.75) is 25.8 Å². The zero-order valence-electron chi connectivity index (χ0n) is 11.5. The Morgan fingerprint density at radius 3 is 2.90 bits per heavy atom. The Labute approximate surface area is 116 Å². The molecule has 0 aliphatic carbocycles. The molecule has 2 aromatic heterocycles. The molecule has 0 aliphatic rings. The number of carbonyl (C=O) groups is 1. The van der Waals surface area contributed by atoms with Gasteiger partial charge in [0.1, 0.15) is 11.2 Å². The van der Waals surface area contributed by atoms with Crippen LogP contribution in [0.1, 0.15) is 30.6 Å². The summed E-state index contributed by atoms with van der Waals surface area (Å²) < 4.78 is 1.33. The van der Waals surface area contributed by atoms with Gasteiger partial charge >= 0.3 is 0 Å². The summed E-state index contributed by atoms with van der Waals surface area (Å²) in [5.74, 6) is -0.487. The van der Waals surface area contributed by atoms with E-state index in [0.717, 1.165) is 0 Å². The number of amides is 1. The van der Waals surface area contributed by atoms with Crippen LogP contribution in [0.3, 0.4) is 0 Å². The fraction of sp³-hybridized carbons (Fsp3) is 0.357. The number of nitrogens with zero attached hydrogens (tertiary/aromatic N) is 2. The highest BCUT2D eigenvalue weighted by atomic mass is 16.3. The highest BCUT2D eigenvalue weighted by Crippen LogP contribution is 2.08. The Hall–Kier alpha value is -2.21. The Kier molecular flexibility index (Phi) is 3.85. The van der Waals surface area contributed by atoms with Crippen molar-refractivity contribution in [2.75, 3.05) is 6.61 Å². The molecule has 1 amide bonds. The number of hydrogen-bond acceptors (Lipinski definition) is 4. The van der Waals surface area contributed by atoms with E-state index in [-0.39, 0.29) is 12.2 Å². The molecule has 0 aromatic carbocycles. The lowest BCUT2D eigenvalue weighted by Gasteiger charge is -2.25. The molecule has 2 heterocycles. The molecular weight excluding hydrogens is 258 g/mol. The number of rotatable bonds is 4. The van der Waals surface area contributed by atoms with Gasteiger partial charge in [0.2, 0.25) is 0 Å². The lowest BCUT2D eigenvalue weighted by Crippen LogP contribution is -2.45. The molecule has 20 heavy (non-hydrogen) atoms. The summed E-state index contributed by atoms with van der Waals surface area (Å²) in [7, 11) is 0. The van der Waals surface area contributed by atoms with Gasteiger partial charge in [-0.25, -0.2) is 4.98 Å². The van der Waals surface area contributed by atoms with Gasteiger partial charge in [-0.05, 0) is 32.4 Å². The topological polar surface area (TPSA) is 83.7 Å². The molecule has 0 saturated heterocycles. The first-order valence-electron chi connectivity index (χ1n) is 6.34. The van der Waals surface area contributed by atoms with Gasteiger partial charge in [-0.1, -0.05) is 6.07 Å². The standard InChI is InChI=1S/C14H17N3O3/c1-14(2,6-8-18)16-12(19)10-9-15-11-5-3-4-7-17(11)13(10)20/h3-5,7,9,18H,6,8H2,1-2H3,(H,16,19). The highest BCUT2D eigenvalue weighted by Gasteiger charge is 2.22. The van der Waals surface area contributed by atoms with E-state index in [0.29, 0.717) is 12.1 Å². The first-order chi connectivity index (χ1) is 9.44. The van der Waals surface area contributed by atoms with E-state index in [1.165, 1.54) is 10.6 Å². The van der Waals surface area contributed by atoms with Crippen molar-refractivity contribution in [2.24, 2.45) is 0 Å². The van der Waals surface area contributed by atoms with E-state index < -0.39 is 17.0 Å². The maximum absolute atomic E-state index is 12.2. The third kappa shape index (κ3) is 2.85. The summed E-state index contributed by atoms with van der Waals surface area (Å²) >= 11 is 0. The SMILES string of the molecule is CC(C)(CCO)NC(=O)c1cnc2ccccn2c1=O. The fourth-order valence-electron chi connectivity index (χ4n) is 1.90. The zero-order chi connectivity index (χ0) is 14.8. The Morgan fingerprint density at radius 2 is 2.20 bits per heavy atom. The first-order valence-corrected chi connectivity index (χ1v) is 6.34. The minimum Gasteiger partial charge on any atom is -0.396 e. The molecule has 0 spiro atoms. The summed E-state index contributed by atoms with van der Waals surface area (Å²) in [6.07, 6.45) is 3.25. The molecule has 106 valence electrons. The van der Waals surface area contributed by atoms with E-state index in [9.17, 15) is 9.59 Å². The Balaban J connectivity index is 2.36. The van der Waals surface area contributed by atoms with Gasteiger partial charge in [-0.2, -0.15) is 0 Å². The average Bonchev–Trinajstić information content (AvgIpc) is 2.38. The zero-order valence-corrected chi connectivity index (χ0v) is 11.5. The normalized spacial score (nSPS) is 11.6. The summed E-state index contributed by atoms with van der Waals surface area (Å²) in [6.45, 7) is 3.53. The monoisotopic (exact) mass is 275 g/mol. The quantitative estimate of drug-likeness (QED) is 0.855. The molecule has 0 aliphatic heterocycles. The van der Waals surface area contributed by atoms with Crippen LogP contribution in [0.15, 0.2) is 35.4 Å². The molecule has 0 saturated carbocycles. The van der Waals surface area contributed by atoms with Crippen LogP contribution in [-0.4, -0.2) is 32.5 Å². The Morgan fingerprint density at radius 1 is 1.45 bits per heavy atom. The summed E-state index contributed by atoms with van der Waals surface area (Å²) in [5.41, 5.74) is -0.523. The van der Waals surface area contributed by atoms with Gasteiger partial charge in [0.25, 0.3) is 11.5 Å². The van der Waals surface area contributed by atoms with Crippen LogP contribution in [0.2, 0.25) is 0 Å². The number of aliphatic hydroxyl groups is 1. The molecule has 6 nitrogen and oxygen atoms in total. The predicted molar refractivity (Wildman–Crippen MR) is 74.7 cm³/mol. The largest absolute Gasteiger partial charge is 0.396 e. The molecular formula is C14H17N3O3. The maximum atomic E-state index is 12.2. The van der Waals surface area contributed by atoms with Crippen molar-refractivity contribution in [1.82, 2.24) is 14.7 Å². The van der Waals surface area contributed by atoms with Crippen molar-refractivity contribution in [3.05, 3.63) is 46.5 Å². The second-order valence-electron chi connectivity index (χ2n) is 5.22. The summed E-state index contributed by atoms with van der Waals surface area (Å²) in [5, 5.41) is 11.7. The van der Waals surface area contributed by atoms with Gasteiger partial charge in [0.15, 0.2) is 0 Å². The van der Waals surface area contributed by atoms with Crippen LogP contribution < -0.4 is 10.9 Å². The van der Waals surface area contributed by atoms with Crippen molar-refractivity contribution in [3.63, 3.8) is 0 Å².